The highest BCUT2D eigenvalue weighted by Gasteiger charge is 2.10. The first kappa shape index (κ1) is 40.8. The molecule has 0 amide bonds. The van der Waals surface area contributed by atoms with E-state index < -0.39 is 6.10 Å². The van der Waals surface area contributed by atoms with Crippen LogP contribution in [0.2, 0.25) is 0 Å². The van der Waals surface area contributed by atoms with Crippen molar-refractivity contribution in [3.05, 3.63) is 48.6 Å². The van der Waals surface area contributed by atoms with Gasteiger partial charge >= 0.3 is 0 Å². The quantitative estimate of drug-likeness (QED) is 0.0593. The van der Waals surface area contributed by atoms with E-state index >= 15 is 0 Å². The summed E-state index contributed by atoms with van der Waals surface area (Å²) in [5, 5.41) is 19.3. The molecule has 42 heavy (non-hydrogen) atoms. The zero-order valence-corrected chi connectivity index (χ0v) is 28.3. The zero-order valence-electron chi connectivity index (χ0n) is 28.3. The van der Waals surface area contributed by atoms with Crippen molar-refractivity contribution in [1.82, 2.24) is 4.90 Å². The van der Waals surface area contributed by atoms with E-state index in [0.717, 1.165) is 25.9 Å². The summed E-state index contributed by atoms with van der Waals surface area (Å²) in [4.78, 5) is 2.38. The Kier molecular flexibility index (Phi) is 35.0. The average Bonchev–Trinajstić information content (AvgIpc) is 3.00. The van der Waals surface area contributed by atoms with Crippen LogP contribution in [-0.2, 0) is 0 Å². The molecular formula is C39H73NO2. The average molecular weight is 588 g/mol. The predicted octanol–water partition coefficient (Wildman–Crippen LogP) is 11.3. The van der Waals surface area contributed by atoms with Crippen LogP contribution in [0.1, 0.15) is 168 Å². The van der Waals surface area contributed by atoms with E-state index in [1.165, 1.54) is 141 Å². The lowest BCUT2D eigenvalue weighted by atomic mass is 10.1. The molecule has 3 nitrogen and oxygen atoms in total. The first-order valence-electron chi connectivity index (χ1n) is 18.4. The van der Waals surface area contributed by atoms with E-state index in [2.05, 4.69) is 67.4 Å². The van der Waals surface area contributed by atoms with Crippen LogP contribution >= 0.6 is 0 Å². The van der Waals surface area contributed by atoms with Crippen molar-refractivity contribution in [3.8, 4) is 0 Å². The van der Waals surface area contributed by atoms with Gasteiger partial charge in [-0.2, -0.15) is 0 Å². The number of nitrogens with zero attached hydrogens (tertiary/aromatic N) is 1. The maximum absolute atomic E-state index is 9.99. The van der Waals surface area contributed by atoms with Gasteiger partial charge in [-0.05, 0) is 90.1 Å². The summed E-state index contributed by atoms with van der Waals surface area (Å²) < 4.78 is 0. The Hall–Kier alpha value is -1.16. The monoisotopic (exact) mass is 588 g/mol. The summed E-state index contributed by atoms with van der Waals surface area (Å²) in [5.41, 5.74) is 0. The summed E-state index contributed by atoms with van der Waals surface area (Å²) in [6.07, 6.45) is 48.6. The van der Waals surface area contributed by atoms with Crippen LogP contribution in [0.4, 0.5) is 0 Å². The van der Waals surface area contributed by atoms with Gasteiger partial charge in [0.2, 0.25) is 0 Å². The number of aliphatic hydroxyl groups is 2. The standard InChI is InChI=1S/C39H73NO2/c1-3-5-7-9-11-13-15-17-19-21-23-25-27-29-31-33-35-40(37-39(42)38-41)36-34-32-30-28-26-24-22-20-18-16-14-12-10-8-6-4-2/h11-14,17-20,39,41-42H,3-10,15-16,21-38H2,1-2H3/b13-11-,14-12-,19-17-,20-18-. The van der Waals surface area contributed by atoms with Gasteiger partial charge in [-0.15, -0.1) is 0 Å². The second kappa shape index (κ2) is 36.0. The van der Waals surface area contributed by atoms with E-state index in [1.54, 1.807) is 0 Å². The van der Waals surface area contributed by atoms with Gasteiger partial charge in [0, 0.05) is 6.54 Å². The number of allylic oxidation sites excluding steroid dienone is 8. The molecular weight excluding hydrogens is 514 g/mol. The normalized spacial score (nSPS) is 13.3. The molecule has 0 aliphatic rings. The minimum Gasteiger partial charge on any atom is -0.394 e. The third kappa shape index (κ3) is 33.3. The third-order valence-electron chi connectivity index (χ3n) is 8.03. The molecule has 2 N–H and O–H groups in total. The third-order valence-corrected chi connectivity index (χ3v) is 8.03. The summed E-state index contributed by atoms with van der Waals surface area (Å²) in [5.74, 6) is 0. The molecule has 1 atom stereocenters. The Bertz CT molecular complexity index is 576. The van der Waals surface area contributed by atoms with Gasteiger partial charge in [-0.1, -0.05) is 140 Å². The van der Waals surface area contributed by atoms with Crippen LogP contribution in [0.25, 0.3) is 0 Å². The number of rotatable bonds is 33. The van der Waals surface area contributed by atoms with Crippen molar-refractivity contribution in [2.24, 2.45) is 0 Å². The first-order valence-corrected chi connectivity index (χ1v) is 18.4. The van der Waals surface area contributed by atoms with Crippen LogP contribution in [-0.4, -0.2) is 47.5 Å². The van der Waals surface area contributed by atoms with E-state index in [-0.39, 0.29) is 6.61 Å². The maximum atomic E-state index is 9.99. The molecule has 0 spiro atoms. The van der Waals surface area contributed by atoms with Gasteiger partial charge in [-0.25, -0.2) is 0 Å². The van der Waals surface area contributed by atoms with Gasteiger partial charge in [0.1, 0.15) is 0 Å². The Morgan fingerprint density at radius 2 is 0.786 bits per heavy atom. The van der Waals surface area contributed by atoms with Crippen LogP contribution in [0, 0.1) is 0 Å². The lowest BCUT2D eigenvalue weighted by Crippen LogP contribution is -2.35. The van der Waals surface area contributed by atoms with E-state index in [0.29, 0.717) is 6.54 Å². The fourth-order valence-electron chi connectivity index (χ4n) is 5.30. The summed E-state index contributed by atoms with van der Waals surface area (Å²) >= 11 is 0. The molecule has 246 valence electrons. The molecule has 0 fully saturated rings. The molecule has 0 aromatic rings. The first-order chi connectivity index (χ1) is 20.7. The van der Waals surface area contributed by atoms with Crippen LogP contribution in [0.3, 0.4) is 0 Å². The summed E-state index contributed by atoms with van der Waals surface area (Å²) in [7, 11) is 0. The van der Waals surface area contributed by atoms with Crippen molar-refractivity contribution in [1.29, 1.82) is 0 Å². The lowest BCUT2D eigenvalue weighted by molar-refractivity contribution is 0.0579. The largest absolute Gasteiger partial charge is 0.394 e. The van der Waals surface area contributed by atoms with Gasteiger partial charge in [0.15, 0.2) is 0 Å². The number of hydrogen-bond donors (Lipinski definition) is 2. The highest BCUT2D eigenvalue weighted by molar-refractivity contribution is 4.93. The van der Waals surface area contributed by atoms with E-state index in [1.807, 2.05) is 0 Å². The Morgan fingerprint density at radius 1 is 0.452 bits per heavy atom. The number of aliphatic hydroxyl groups excluding tert-OH is 2. The Labute approximate surface area is 263 Å². The minimum absolute atomic E-state index is 0.135. The van der Waals surface area contributed by atoms with E-state index in [4.69, 9.17) is 0 Å². The Morgan fingerprint density at radius 3 is 1.14 bits per heavy atom. The molecule has 0 saturated heterocycles. The molecule has 0 saturated carbocycles. The maximum Gasteiger partial charge on any atom is 0.0897 e. The van der Waals surface area contributed by atoms with Crippen molar-refractivity contribution < 1.29 is 10.2 Å². The summed E-state index contributed by atoms with van der Waals surface area (Å²) in [6.45, 7) is 7.08. The highest BCUT2D eigenvalue weighted by atomic mass is 16.3. The Balaban J connectivity index is 3.72. The second-order valence-corrected chi connectivity index (χ2v) is 12.3. The van der Waals surface area contributed by atoms with Crippen LogP contribution < -0.4 is 0 Å². The summed E-state index contributed by atoms with van der Waals surface area (Å²) in [6, 6.07) is 0. The van der Waals surface area contributed by atoms with Crippen LogP contribution in [0.5, 0.6) is 0 Å². The molecule has 0 aliphatic heterocycles. The fourth-order valence-corrected chi connectivity index (χ4v) is 5.30. The molecule has 0 aliphatic carbocycles. The molecule has 0 heterocycles. The molecule has 0 aromatic carbocycles. The van der Waals surface area contributed by atoms with Crippen molar-refractivity contribution in [2.75, 3.05) is 26.2 Å². The van der Waals surface area contributed by atoms with Gasteiger partial charge < -0.3 is 15.1 Å². The van der Waals surface area contributed by atoms with Crippen molar-refractivity contribution in [2.45, 2.75) is 174 Å². The molecule has 0 radical (unpaired) electrons. The van der Waals surface area contributed by atoms with Crippen molar-refractivity contribution in [3.63, 3.8) is 0 Å². The molecule has 0 aromatic heterocycles. The number of unbranched alkanes of at least 4 members (excludes halogenated alkanes) is 18. The highest BCUT2D eigenvalue weighted by Crippen LogP contribution is 2.12. The topological polar surface area (TPSA) is 43.7 Å². The smallest absolute Gasteiger partial charge is 0.0897 e. The predicted molar refractivity (Wildman–Crippen MR) is 188 cm³/mol. The fraction of sp³-hybridized carbons (Fsp3) is 0.795. The molecule has 1 unspecified atom stereocenters. The lowest BCUT2D eigenvalue weighted by Gasteiger charge is -2.24. The van der Waals surface area contributed by atoms with Gasteiger partial charge in [0.25, 0.3) is 0 Å². The minimum atomic E-state index is -0.612. The molecule has 0 bridgehead atoms. The number of hydrogen-bond acceptors (Lipinski definition) is 3. The van der Waals surface area contributed by atoms with E-state index in [9.17, 15) is 10.2 Å². The SMILES string of the molecule is CCCCC/C=C\C/C=C\CCCCCCCCN(CCCCCCCC/C=C\C/C=C\CCCCC)CC(O)CO. The second-order valence-electron chi connectivity index (χ2n) is 12.3. The van der Waals surface area contributed by atoms with Crippen LogP contribution in [0.15, 0.2) is 48.6 Å². The zero-order chi connectivity index (χ0) is 30.6. The van der Waals surface area contributed by atoms with Crippen molar-refractivity contribution >= 4 is 0 Å². The molecule has 3 heteroatoms. The van der Waals surface area contributed by atoms with Gasteiger partial charge in [0.05, 0.1) is 12.7 Å². The molecule has 0 rings (SSSR count). The van der Waals surface area contributed by atoms with Gasteiger partial charge in [-0.3, -0.25) is 0 Å².